The monoisotopic (exact) mass is 120 g/mol. The number of rotatable bonds is 4. The molecule has 0 aliphatic carbocycles. The molecule has 0 bridgehead atoms. The van der Waals surface area contributed by atoms with Crippen molar-refractivity contribution in [3.05, 3.63) is 0 Å². The molecule has 0 aromatic rings. The SMILES string of the molecule is CCCOCP=O. The summed E-state index contributed by atoms with van der Waals surface area (Å²) in [6.45, 7) is 2.73. The van der Waals surface area contributed by atoms with Gasteiger partial charge in [-0.1, -0.05) is 6.92 Å². The van der Waals surface area contributed by atoms with Gasteiger partial charge in [-0.05, 0) is 6.42 Å². The molecule has 0 N–H and O–H groups in total. The zero-order valence-corrected chi connectivity index (χ0v) is 5.28. The van der Waals surface area contributed by atoms with Gasteiger partial charge >= 0.3 is 0 Å². The molecule has 0 rings (SSSR count). The normalized spacial score (nSPS) is 9.86. The number of ether oxygens (including phenoxy) is 1. The molecule has 3 heteroatoms. The lowest BCUT2D eigenvalue weighted by Gasteiger charge is -1.90. The van der Waals surface area contributed by atoms with Gasteiger partial charge in [0.25, 0.3) is 0 Å². The van der Waals surface area contributed by atoms with Crippen LogP contribution in [0, 0.1) is 0 Å². The van der Waals surface area contributed by atoms with Crippen molar-refractivity contribution in [1.82, 2.24) is 0 Å². The van der Waals surface area contributed by atoms with Crippen LogP contribution in [0.15, 0.2) is 0 Å². The fourth-order valence-corrected chi connectivity index (χ4v) is 0.450. The third-order valence-electron chi connectivity index (χ3n) is 0.492. The first-order chi connectivity index (χ1) is 3.41. The first-order valence-electron chi connectivity index (χ1n) is 2.28. The second-order valence-corrected chi connectivity index (χ2v) is 1.68. The predicted molar refractivity (Wildman–Crippen MR) is 28.7 cm³/mol. The van der Waals surface area contributed by atoms with Gasteiger partial charge < -0.3 is 4.74 Å². The highest BCUT2D eigenvalue weighted by Crippen LogP contribution is 1.91. The van der Waals surface area contributed by atoms with Crippen LogP contribution in [0.3, 0.4) is 0 Å². The Bertz CT molecular complexity index is 47.0. The van der Waals surface area contributed by atoms with E-state index in [-0.39, 0.29) is 8.46 Å². The summed E-state index contributed by atoms with van der Waals surface area (Å²) in [6.07, 6.45) is 1.34. The highest BCUT2D eigenvalue weighted by atomic mass is 31.1. The van der Waals surface area contributed by atoms with Crippen molar-refractivity contribution in [3.63, 3.8) is 0 Å². The summed E-state index contributed by atoms with van der Waals surface area (Å²) in [5.41, 5.74) is 0. The Balaban J connectivity index is 2.56. The summed E-state index contributed by atoms with van der Waals surface area (Å²) in [6, 6.07) is 0. The van der Waals surface area contributed by atoms with Gasteiger partial charge in [0.1, 0.15) is 6.35 Å². The van der Waals surface area contributed by atoms with Crippen LogP contribution < -0.4 is 0 Å². The maximum Gasteiger partial charge on any atom is 0.183 e. The third-order valence-corrected chi connectivity index (χ3v) is 0.780. The van der Waals surface area contributed by atoms with Crippen LogP contribution in [0.4, 0.5) is 0 Å². The molecule has 0 unspecified atom stereocenters. The Morgan fingerprint density at radius 3 is 2.86 bits per heavy atom. The second kappa shape index (κ2) is 6.06. The highest BCUT2D eigenvalue weighted by molar-refractivity contribution is 7.23. The van der Waals surface area contributed by atoms with E-state index in [9.17, 15) is 4.57 Å². The van der Waals surface area contributed by atoms with E-state index in [1.807, 2.05) is 6.92 Å². The molecule has 0 aliphatic rings. The molecule has 42 valence electrons. The molecular weight excluding hydrogens is 111 g/mol. The van der Waals surface area contributed by atoms with Gasteiger partial charge in [0.15, 0.2) is 8.46 Å². The van der Waals surface area contributed by atoms with Gasteiger partial charge in [0.05, 0.1) is 0 Å². The summed E-state index contributed by atoms with van der Waals surface area (Å²) in [5, 5.41) is 0. The molecule has 0 fully saturated rings. The quantitative estimate of drug-likeness (QED) is 0.416. The molecule has 0 aromatic heterocycles. The molecule has 0 atom stereocenters. The van der Waals surface area contributed by atoms with Crippen molar-refractivity contribution < 1.29 is 9.30 Å². The van der Waals surface area contributed by atoms with Gasteiger partial charge in [-0.25, -0.2) is 0 Å². The van der Waals surface area contributed by atoms with Crippen LogP contribution in [-0.4, -0.2) is 13.0 Å². The van der Waals surface area contributed by atoms with E-state index in [1.54, 1.807) is 0 Å². The summed E-state index contributed by atoms with van der Waals surface area (Å²) >= 11 is 0. The highest BCUT2D eigenvalue weighted by Gasteiger charge is 1.78. The standard InChI is InChI=1S/C4H9O2P/c1-2-3-6-4-7-5/h2-4H2,1H3. The van der Waals surface area contributed by atoms with Crippen molar-refractivity contribution in [2.45, 2.75) is 13.3 Å². The van der Waals surface area contributed by atoms with Crippen molar-refractivity contribution in [1.29, 1.82) is 0 Å². The van der Waals surface area contributed by atoms with Crippen molar-refractivity contribution in [2.75, 3.05) is 13.0 Å². The minimum absolute atomic E-state index is 0.0824. The van der Waals surface area contributed by atoms with Crippen molar-refractivity contribution >= 4 is 8.46 Å². The first-order valence-corrected chi connectivity index (χ1v) is 3.28. The zero-order chi connectivity index (χ0) is 5.54. The van der Waals surface area contributed by atoms with Crippen LogP contribution in [0.1, 0.15) is 13.3 Å². The van der Waals surface area contributed by atoms with Crippen molar-refractivity contribution in [2.24, 2.45) is 0 Å². The average molecular weight is 120 g/mol. The molecule has 0 saturated heterocycles. The maximum absolute atomic E-state index is 9.65. The molecule has 2 nitrogen and oxygen atoms in total. The van der Waals surface area contributed by atoms with Crippen LogP contribution in [0.5, 0.6) is 0 Å². The molecule has 0 amide bonds. The number of hydrogen-bond donors (Lipinski definition) is 0. The molecule has 0 aliphatic heterocycles. The third kappa shape index (κ3) is 6.06. The van der Waals surface area contributed by atoms with Crippen LogP contribution in [0.25, 0.3) is 0 Å². The maximum atomic E-state index is 9.65. The van der Waals surface area contributed by atoms with Crippen molar-refractivity contribution in [3.8, 4) is 0 Å². The van der Waals surface area contributed by atoms with E-state index in [0.717, 1.165) is 13.0 Å². The van der Waals surface area contributed by atoms with E-state index >= 15 is 0 Å². The summed E-state index contributed by atoms with van der Waals surface area (Å²) in [4.78, 5) is 0. The predicted octanol–water partition coefficient (Wildman–Crippen LogP) is 1.66. The Kier molecular flexibility index (Phi) is 6.11. The van der Waals surface area contributed by atoms with E-state index in [0.29, 0.717) is 6.35 Å². The minimum Gasteiger partial charge on any atom is -0.369 e. The van der Waals surface area contributed by atoms with Crippen LogP contribution in [0.2, 0.25) is 0 Å². The van der Waals surface area contributed by atoms with Crippen LogP contribution >= 0.6 is 8.46 Å². The van der Waals surface area contributed by atoms with Gasteiger partial charge in [-0.15, -0.1) is 0 Å². The molecular formula is C4H9O2P. The summed E-state index contributed by atoms with van der Waals surface area (Å²) in [7, 11) is 0.0824. The lowest BCUT2D eigenvalue weighted by molar-refractivity contribution is 0.180. The largest absolute Gasteiger partial charge is 0.369 e. The topological polar surface area (TPSA) is 26.3 Å². The number of hydrogen-bond acceptors (Lipinski definition) is 2. The van der Waals surface area contributed by atoms with E-state index in [2.05, 4.69) is 0 Å². The lowest BCUT2D eigenvalue weighted by atomic mass is 10.5. The molecule has 0 saturated carbocycles. The smallest absolute Gasteiger partial charge is 0.183 e. The average Bonchev–Trinajstić information content (AvgIpc) is 1.69. The fourth-order valence-electron chi connectivity index (χ4n) is 0.246. The molecule has 0 aromatic carbocycles. The Labute approximate surface area is 45.1 Å². The molecule has 0 radical (unpaired) electrons. The van der Waals surface area contributed by atoms with E-state index in [1.165, 1.54) is 0 Å². The van der Waals surface area contributed by atoms with Crippen LogP contribution in [-0.2, 0) is 9.30 Å². The lowest BCUT2D eigenvalue weighted by Crippen LogP contribution is -1.86. The molecule has 7 heavy (non-hydrogen) atoms. The second-order valence-electron chi connectivity index (χ2n) is 1.17. The van der Waals surface area contributed by atoms with Gasteiger partial charge in [-0.3, -0.25) is 4.57 Å². The minimum atomic E-state index is 0.0824. The fraction of sp³-hybridized carbons (Fsp3) is 1.00. The molecule has 0 spiro atoms. The zero-order valence-electron chi connectivity index (χ0n) is 4.39. The van der Waals surface area contributed by atoms with E-state index in [4.69, 9.17) is 4.74 Å². The molecule has 0 heterocycles. The summed E-state index contributed by atoms with van der Waals surface area (Å²) < 4.78 is 14.5. The van der Waals surface area contributed by atoms with Gasteiger partial charge in [0, 0.05) is 6.61 Å². The van der Waals surface area contributed by atoms with Gasteiger partial charge in [-0.2, -0.15) is 0 Å². The van der Waals surface area contributed by atoms with Gasteiger partial charge in [0.2, 0.25) is 0 Å². The summed E-state index contributed by atoms with van der Waals surface area (Å²) in [5.74, 6) is 0. The Morgan fingerprint density at radius 2 is 2.43 bits per heavy atom. The Hall–Kier alpha value is 0.0600. The first kappa shape index (κ1) is 7.06. The Morgan fingerprint density at radius 1 is 1.71 bits per heavy atom. The van der Waals surface area contributed by atoms with E-state index < -0.39 is 0 Å².